The summed E-state index contributed by atoms with van der Waals surface area (Å²) in [6.45, 7) is 40.8. The van der Waals surface area contributed by atoms with E-state index >= 15 is 0 Å². The highest BCUT2D eigenvalue weighted by molar-refractivity contribution is 5.53. The van der Waals surface area contributed by atoms with Crippen molar-refractivity contribution in [2.45, 2.75) is 189 Å². The van der Waals surface area contributed by atoms with Crippen LogP contribution < -0.4 is 30.2 Å². The van der Waals surface area contributed by atoms with E-state index in [2.05, 4.69) is 231 Å². The fourth-order valence-corrected chi connectivity index (χ4v) is 19.2. The van der Waals surface area contributed by atoms with Gasteiger partial charge < -0.3 is 65.4 Å². The molecule has 17 heterocycles. The van der Waals surface area contributed by atoms with Crippen LogP contribution in [0.3, 0.4) is 0 Å². The number of piperazine rings is 5. The average Bonchev–Trinajstić information content (AvgIpc) is 1.75. The number of fused-ring (bicyclic) bond motifs is 2. The molecule has 7 saturated heterocycles. The molecule has 738 valence electrons. The number of aryl methyl sites for hydroxylation is 4. The fourth-order valence-electron chi connectivity index (χ4n) is 19.2. The van der Waals surface area contributed by atoms with E-state index in [1.54, 1.807) is 0 Å². The maximum absolute atomic E-state index is 10.2. The normalized spacial score (nSPS) is 19.1. The number of hydrogen-bond donors (Lipinski definition) is 5. The maximum atomic E-state index is 10.2. The van der Waals surface area contributed by atoms with Crippen molar-refractivity contribution in [2.24, 2.45) is 0 Å². The van der Waals surface area contributed by atoms with Gasteiger partial charge in [0.2, 0.25) is 5.95 Å². The first-order chi connectivity index (χ1) is 66.1. The predicted molar refractivity (Wildman–Crippen MR) is 541 cm³/mol. The van der Waals surface area contributed by atoms with E-state index in [1.807, 2.05) is 150 Å². The third-order valence-electron chi connectivity index (χ3n) is 28.2. The minimum absolute atomic E-state index is 0.0400. The number of nitrogens with two attached hydrogens (primary N) is 1. The number of rotatable bonds is 29. The third kappa shape index (κ3) is 28.2. The summed E-state index contributed by atoms with van der Waals surface area (Å²) < 4.78 is 0. The summed E-state index contributed by atoms with van der Waals surface area (Å²) >= 11 is 0. The lowest BCUT2D eigenvalue weighted by Gasteiger charge is -2.40. The van der Waals surface area contributed by atoms with Crippen LogP contribution in [0.5, 0.6) is 0 Å². The van der Waals surface area contributed by atoms with Crippen molar-refractivity contribution in [2.75, 3.05) is 218 Å². The van der Waals surface area contributed by atoms with E-state index in [0.29, 0.717) is 50.8 Å². The second-order valence-electron chi connectivity index (χ2n) is 38.0. The van der Waals surface area contributed by atoms with Crippen LogP contribution in [0.25, 0.3) is 0 Å². The molecule has 35 nitrogen and oxygen atoms in total. The van der Waals surface area contributed by atoms with Crippen molar-refractivity contribution in [3.8, 4) is 0 Å². The number of aliphatic hydroxyl groups excluding tert-OH is 4. The Kier molecular flexibility index (Phi) is 38.1. The Morgan fingerprint density at radius 1 is 0.343 bits per heavy atom. The monoisotopic (exact) mass is 1870 g/mol. The molecular formula is C102H151N31O4. The van der Waals surface area contributed by atoms with Crippen LogP contribution in [0.15, 0.2) is 134 Å². The van der Waals surface area contributed by atoms with Gasteiger partial charge in [-0.3, -0.25) is 59.2 Å². The van der Waals surface area contributed by atoms with Crippen molar-refractivity contribution in [1.82, 2.24) is 124 Å². The van der Waals surface area contributed by atoms with Gasteiger partial charge in [0.1, 0.15) is 52.4 Å². The van der Waals surface area contributed by atoms with Crippen LogP contribution in [0.4, 0.5) is 35.0 Å². The zero-order chi connectivity index (χ0) is 97.3. The van der Waals surface area contributed by atoms with Gasteiger partial charge in [-0.05, 0) is 218 Å². The smallest absolute Gasteiger partial charge is 0.222 e. The first-order valence-electron chi connectivity index (χ1n) is 49.0. The van der Waals surface area contributed by atoms with Gasteiger partial charge in [0, 0.05) is 246 Å². The fraction of sp³-hybridized carbons (Fsp3) is 0.559. The molecule has 7 fully saturated rings. The highest BCUT2D eigenvalue weighted by atomic mass is 16.3. The Labute approximate surface area is 812 Å². The molecule has 0 amide bonds. The van der Waals surface area contributed by atoms with Gasteiger partial charge in [0.05, 0.1) is 89.4 Å². The molecule has 137 heavy (non-hydrogen) atoms. The van der Waals surface area contributed by atoms with Gasteiger partial charge in [-0.2, -0.15) is 4.98 Å². The molecule has 0 saturated carbocycles. The summed E-state index contributed by atoms with van der Waals surface area (Å²) in [6, 6.07) is 36.2. The zero-order valence-electron chi connectivity index (χ0n) is 84.2. The molecular weight excluding hydrogens is 1720 g/mol. The van der Waals surface area contributed by atoms with Gasteiger partial charge in [-0.1, -0.05) is 30.3 Å². The summed E-state index contributed by atoms with van der Waals surface area (Å²) in [6.07, 6.45) is 14.2. The summed E-state index contributed by atoms with van der Waals surface area (Å²) in [5.41, 5.74) is 18.3. The molecule has 0 aliphatic carbocycles. The second kappa shape index (κ2) is 50.3. The Hall–Kier alpha value is -10.6. The third-order valence-corrected chi connectivity index (χ3v) is 28.2. The standard InChI is InChI=1S/2C22H32N6O.2C20H30N6O.C18H27N7/c2*1-16(20-8-4-5-9-23-20)26(3)14-21-19(15-29)22(25-17(2)24-21)28-12-11-27-10-6-7-18(27)13-28;1-15(18-7-5-6-8-21-18)25(4)13-19-17(14-27)20(23-16(2)22-19)26-11-9-24(3)10-12-26;1-15(19-7-5-6-8-21-19)25(4)12-17-11-20(23-16(2)22-17)26-10-9-24(3)13-18(26)14-27;1-14(16-6-4-5-7-20-16)24(3)13-15-12-17(22-18(19)21-15)25-10-8-23(2)9-11-25/h2*4-5,8-9,16,18,29H,6-7,10-15H2,1-3H3;5-8,15,27H,9-14H2,1-4H3;5-8,11,15,18,27H,9-10,12-14H2,1-4H3;4-7,12,14H,8-11,13H2,1-3H3,(H2,19,21,22)/t16-,18+;16-,18-;15-;15-,18?;14-/m00010/s1. The van der Waals surface area contributed by atoms with E-state index in [-0.39, 0.29) is 62.7 Å². The minimum atomic E-state index is -0.0525. The van der Waals surface area contributed by atoms with Crippen LogP contribution in [0, 0.1) is 27.7 Å². The van der Waals surface area contributed by atoms with Crippen molar-refractivity contribution in [3.05, 3.63) is 231 Å². The first kappa shape index (κ1) is 104. The molecule has 10 aromatic rings. The number of nitrogen functional groups attached to an aromatic ring is 1. The number of aliphatic hydroxyl groups is 4. The topological polar surface area (TPSA) is 349 Å². The van der Waals surface area contributed by atoms with Gasteiger partial charge in [0.25, 0.3) is 0 Å². The van der Waals surface area contributed by atoms with Gasteiger partial charge >= 0.3 is 0 Å². The molecule has 35 heteroatoms. The molecule has 0 bridgehead atoms. The summed E-state index contributed by atoms with van der Waals surface area (Å²) in [5, 5.41) is 40.3. The highest BCUT2D eigenvalue weighted by Gasteiger charge is 2.37. The van der Waals surface area contributed by atoms with Crippen molar-refractivity contribution in [1.29, 1.82) is 0 Å². The van der Waals surface area contributed by atoms with Crippen LogP contribution in [0.1, 0.15) is 187 Å². The Balaban J connectivity index is 0.000000145. The molecule has 7 aliphatic heterocycles. The number of hydrogen-bond acceptors (Lipinski definition) is 35. The van der Waals surface area contributed by atoms with Crippen LogP contribution in [-0.2, 0) is 52.5 Å². The lowest BCUT2D eigenvalue weighted by molar-refractivity contribution is 0.190. The number of likely N-dealkylation sites (N-methyl/N-ethyl adjacent to an activating group) is 3. The van der Waals surface area contributed by atoms with Crippen molar-refractivity contribution < 1.29 is 20.4 Å². The number of pyridine rings is 5. The molecule has 1 unspecified atom stereocenters. The van der Waals surface area contributed by atoms with Crippen LogP contribution >= 0.6 is 0 Å². The van der Waals surface area contributed by atoms with Gasteiger partial charge in [-0.25, -0.2) is 44.9 Å². The molecule has 10 aromatic heterocycles. The van der Waals surface area contributed by atoms with E-state index in [0.717, 1.165) is 237 Å². The molecule has 0 spiro atoms. The zero-order valence-corrected chi connectivity index (χ0v) is 84.2. The Morgan fingerprint density at radius 2 is 0.672 bits per heavy atom. The van der Waals surface area contributed by atoms with E-state index < -0.39 is 0 Å². The second-order valence-corrected chi connectivity index (χ2v) is 38.0. The largest absolute Gasteiger partial charge is 0.394 e. The lowest BCUT2D eigenvalue weighted by Crippen LogP contribution is -2.54. The van der Waals surface area contributed by atoms with E-state index in [9.17, 15) is 20.4 Å². The van der Waals surface area contributed by atoms with Crippen molar-refractivity contribution >= 4 is 35.0 Å². The predicted octanol–water partition coefficient (Wildman–Crippen LogP) is 8.80. The summed E-state index contributed by atoms with van der Waals surface area (Å²) in [7, 11) is 16.7. The summed E-state index contributed by atoms with van der Waals surface area (Å²) in [4.78, 5) is 103. The molecule has 0 aromatic carbocycles. The SMILES string of the molecule is C[C@@H](c1ccccn1)N(C)Cc1cc(N2CCN(C)CC2)nc(N)n1.Cc1nc(CN(C)[C@@H](C)c2ccccn2)c(CO)c(N2CCN(C)CC2)n1.Cc1nc(CN(C)[C@@H](C)c2ccccn2)c(CO)c(N2CCN3CCC[C@@H]3C2)n1.Cc1nc(CN(C)[C@@H](C)c2ccccn2)c(CO)c(N2CCN3CCC[C@H]3C2)n1.Cc1nc(CN(C)[C@H](C)c2ccccn2)cc(N2CCN(C)CC2CO)n1. The maximum Gasteiger partial charge on any atom is 0.222 e. The Morgan fingerprint density at radius 3 is 1.03 bits per heavy atom. The number of aromatic nitrogens is 15. The average molecular weight is 1880 g/mol. The molecule has 8 atom stereocenters. The van der Waals surface area contributed by atoms with Crippen LogP contribution in [0.2, 0.25) is 0 Å². The molecule has 6 N–H and O–H groups in total. The lowest BCUT2D eigenvalue weighted by atomic mass is 10.1. The van der Waals surface area contributed by atoms with Crippen LogP contribution in [-0.4, -0.2) is 350 Å². The Bertz CT molecular complexity index is 5210. The number of anilines is 6. The van der Waals surface area contributed by atoms with Gasteiger partial charge in [-0.15, -0.1) is 0 Å². The quantitative estimate of drug-likeness (QED) is 0.0292. The molecule has 17 rings (SSSR count). The van der Waals surface area contributed by atoms with Crippen molar-refractivity contribution in [3.63, 3.8) is 0 Å². The van der Waals surface area contributed by atoms with E-state index in [4.69, 9.17) is 25.7 Å². The minimum Gasteiger partial charge on any atom is -0.394 e. The molecule has 7 aliphatic rings. The van der Waals surface area contributed by atoms with Gasteiger partial charge in [0.15, 0.2) is 0 Å². The number of nitrogens with zero attached hydrogens (tertiary/aromatic N) is 30. The first-order valence-corrected chi connectivity index (χ1v) is 49.0. The highest BCUT2D eigenvalue weighted by Crippen LogP contribution is 2.35. The molecule has 0 radical (unpaired) electrons. The van der Waals surface area contributed by atoms with E-state index in [1.165, 1.54) is 38.8 Å². The summed E-state index contributed by atoms with van der Waals surface area (Å²) in [5.74, 6) is 7.92.